The summed E-state index contributed by atoms with van der Waals surface area (Å²) >= 11 is 0. The first kappa shape index (κ1) is 30.5. The third-order valence-electron chi connectivity index (χ3n) is 9.18. The Labute approximate surface area is 244 Å². The van der Waals surface area contributed by atoms with E-state index in [1.165, 1.54) is 34.1 Å². The third-order valence-corrected chi connectivity index (χ3v) is 11.1. The molecular formula is C30H36F4N4O3S. The van der Waals surface area contributed by atoms with Crippen molar-refractivity contribution in [1.82, 2.24) is 14.1 Å². The molecule has 2 aromatic rings. The molecule has 12 heteroatoms. The Bertz CT molecular complexity index is 1420. The molecule has 228 valence electrons. The van der Waals surface area contributed by atoms with E-state index in [4.69, 9.17) is 0 Å². The van der Waals surface area contributed by atoms with Crippen molar-refractivity contribution in [1.29, 1.82) is 0 Å². The summed E-state index contributed by atoms with van der Waals surface area (Å²) in [6, 6.07) is 8.76. The number of urea groups is 1. The van der Waals surface area contributed by atoms with E-state index in [1.54, 1.807) is 4.90 Å². The van der Waals surface area contributed by atoms with Crippen molar-refractivity contribution in [2.75, 3.05) is 51.1 Å². The molecular weight excluding hydrogens is 572 g/mol. The average molecular weight is 609 g/mol. The van der Waals surface area contributed by atoms with Crippen molar-refractivity contribution >= 4 is 21.7 Å². The van der Waals surface area contributed by atoms with Gasteiger partial charge in [0.15, 0.2) is 0 Å². The highest BCUT2D eigenvalue weighted by molar-refractivity contribution is 7.89. The summed E-state index contributed by atoms with van der Waals surface area (Å²) in [6.07, 6.45) is -0.172. The number of alkyl halides is 3. The number of nitrogens with zero attached hydrogens (tertiary/aromatic N) is 3. The van der Waals surface area contributed by atoms with E-state index in [-0.39, 0.29) is 29.1 Å². The van der Waals surface area contributed by atoms with Crippen LogP contribution in [0.2, 0.25) is 0 Å². The summed E-state index contributed by atoms with van der Waals surface area (Å²) in [6.45, 7) is 7.27. The number of halogens is 4. The summed E-state index contributed by atoms with van der Waals surface area (Å²) in [5.41, 5.74) is 0.873. The van der Waals surface area contributed by atoms with Gasteiger partial charge in [0.1, 0.15) is 5.82 Å². The number of piperazine rings is 1. The number of hydrogen-bond donors (Lipinski definition) is 1. The maximum absolute atomic E-state index is 13.4. The van der Waals surface area contributed by atoms with Gasteiger partial charge in [-0.2, -0.15) is 17.5 Å². The van der Waals surface area contributed by atoms with E-state index in [0.717, 1.165) is 37.1 Å². The van der Waals surface area contributed by atoms with Crippen LogP contribution in [0.3, 0.4) is 0 Å². The molecule has 6 rings (SSSR count). The monoisotopic (exact) mass is 608 g/mol. The van der Waals surface area contributed by atoms with Gasteiger partial charge in [0, 0.05) is 51.5 Å². The second-order valence-electron chi connectivity index (χ2n) is 11.9. The molecule has 1 saturated carbocycles. The molecule has 2 fully saturated rings. The number of allylic oxidation sites excluding steroid dienone is 1. The number of rotatable bonds is 8. The molecule has 1 heterocycles. The molecule has 2 unspecified atom stereocenters. The van der Waals surface area contributed by atoms with E-state index in [1.807, 2.05) is 0 Å². The zero-order valence-corrected chi connectivity index (χ0v) is 24.5. The minimum Gasteiger partial charge on any atom is -0.319 e. The fourth-order valence-corrected chi connectivity index (χ4v) is 7.71. The second kappa shape index (κ2) is 11.6. The molecule has 0 aromatic heterocycles. The molecule has 0 radical (unpaired) electrons. The van der Waals surface area contributed by atoms with Crippen molar-refractivity contribution < 1.29 is 30.8 Å². The van der Waals surface area contributed by atoms with Gasteiger partial charge in [-0.25, -0.2) is 17.6 Å². The van der Waals surface area contributed by atoms with Crippen molar-refractivity contribution in [2.24, 2.45) is 17.3 Å². The topological polar surface area (TPSA) is 73.0 Å². The van der Waals surface area contributed by atoms with Gasteiger partial charge >= 0.3 is 12.2 Å². The molecule has 4 aliphatic rings. The SMILES string of the molecule is CC1(C)C2CC=C(CN(CCN3CCN(S(=O)(=O)c4ccc(F)cc4)CC3)C(=O)Nc3ccc(C(F)(F)F)cc3)C1C2. The van der Waals surface area contributed by atoms with Gasteiger partial charge in [-0.1, -0.05) is 25.5 Å². The van der Waals surface area contributed by atoms with E-state index < -0.39 is 33.6 Å². The summed E-state index contributed by atoms with van der Waals surface area (Å²) < 4.78 is 79.6. The van der Waals surface area contributed by atoms with Gasteiger partial charge in [-0.15, -0.1) is 0 Å². The highest BCUT2D eigenvalue weighted by atomic mass is 32.2. The van der Waals surface area contributed by atoms with Crippen molar-refractivity contribution in [3.8, 4) is 0 Å². The Kier molecular flexibility index (Phi) is 8.43. The number of nitrogens with one attached hydrogen (secondary N) is 1. The van der Waals surface area contributed by atoms with Gasteiger partial charge in [-0.05, 0) is 78.6 Å². The molecule has 2 aromatic carbocycles. The number of sulfonamides is 1. The fourth-order valence-electron chi connectivity index (χ4n) is 6.28. The Hall–Kier alpha value is -2.96. The van der Waals surface area contributed by atoms with Crippen LogP contribution in [0.4, 0.5) is 28.0 Å². The van der Waals surface area contributed by atoms with Gasteiger partial charge in [-0.3, -0.25) is 4.90 Å². The predicted molar refractivity (Wildman–Crippen MR) is 152 cm³/mol. The molecule has 2 bridgehead atoms. The van der Waals surface area contributed by atoms with Gasteiger partial charge in [0.05, 0.1) is 10.5 Å². The maximum Gasteiger partial charge on any atom is 0.416 e. The molecule has 3 aliphatic carbocycles. The molecule has 7 nitrogen and oxygen atoms in total. The van der Waals surface area contributed by atoms with Crippen molar-refractivity contribution in [3.05, 3.63) is 71.6 Å². The molecule has 1 aliphatic heterocycles. The second-order valence-corrected chi connectivity index (χ2v) is 13.9. The van der Waals surface area contributed by atoms with Gasteiger partial charge in [0.2, 0.25) is 10.0 Å². The lowest BCUT2D eigenvalue weighted by molar-refractivity contribution is -0.137. The summed E-state index contributed by atoms with van der Waals surface area (Å²) in [4.78, 5) is 17.3. The highest BCUT2D eigenvalue weighted by Gasteiger charge is 2.51. The van der Waals surface area contributed by atoms with Gasteiger partial charge < -0.3 is 10.2 Å². The Morgan fingerprint density at radius 3 is 2.24 bits per heavy atom. The minimum atomic E-state index is -4.46. The zero-order chi connectivity index (χ0) is 30.3. The lowest BCUT2D eigenvalue weighted by Gasteiger charge is -2.57. The van der Waals surface area contributed by atoms with Crippen LogP contribution in [0.25, 0.3) is 0 Å². The number of carbonyl (C=O) groups is 1. The zero-order valence-electron chi connectivity index (χ0n) is 23.7. The molecule has 1 N–H and O–H groups in total. The Morgan fingerprint density at radius 2 is 1.67 bits per heavy atom. The number of anilines is 1. The number of benzene rings is 2. The first-order chi connectivity index (χ1) is 19.7. The van der Waals surface area contributed by atoms with Crippen LogP contribution in [0.5, 0.6) is 0 Å². The lowest BCUT2D eigenvalue weighted by Crippen LogP contribution is -2.52. The summed E-state index contributed by atoms with van der Waals surface area (Å²) in [5, 5.41) is 2.76. The van der Waals surface area contributed by atoms with Crippen LogP contribution in [0, 0.1) is 23.1 Å². The van der Waals surface area contributed by atoms with Crippen LogP contribution in [0.15, 0.2) is 65.1 Å². The normalized spacial score (nSPS) is 22.7. The van der Waals surface area contributed by atoms with Crippen LogP contribution in [-0.4, -0.2) is 74.4 Å². The number of carbonyl (C=O) groups excluding carboxylic acids is 1. The van der Waals surface area contributed by atoms with Crippen molar-refractivity contribution in [2.45, 2.75) is 37.8 Å². The van der Waals surface area contributed by atoms with E-state index in [2.05, 4.69) is 30.1 Å². The van der Waals surface area contributed by atoms with Crippen LogP contribution >= 0.6 is 0 Å². The maximum atomic E-state index is 13.4. The number of amides is 2. The number of fused-ring (bicyclic) bond motifs is 1. The number of hydrogen-bond acceptors (Lipinski definition) is 4. The molecule has 2 atom stereocenters. The van der Waals surface area contributed by atoms with Crippen LogP contribution < -0.4 is 5.32 Å². The minimum absolute atomic E-state index is 0.0466. The predicted octanol–water partition coefficient (Wildman–Crippen LogP) is 5.68. The molecule has 2 amide bonds. The highest BCUT2D eigenvalue weighted by Crippen LogP contribution is 2.59. The first-order valence-corrected chi connectivity index (χ1v) is 15.6. The molecule has 1 saturated heterocycles. The quantitative estimate of drug-likeness (QED) is 0.310. The first-order valence-electron chi connectivity index (χ1n) is 14.2. The van der Waals surface area contributed by atoms with E-state index >= 15 is 0 Å². The lowest BCUT2D eigenvalue weighted by atomic mass is 9.49. The summed E-state index contributed by atoms with van der Waals surface area (Å²) in [7, 11) is -3.74. The largest absolute Gasteiger partial charge is 0.416 e. The van der Waals surface area contributed by atoms with E-state index in [0.29, 0.717) is 44.6 Å². The van der Waals surface area contributed by atoms with Crippen LogP contribution in [-0.2, 0) is 16.2 Å². The van der Waals surface area contributed by atoms with Crippen molar-refractivity contribution in [3.63, 3.8) is 0 Å². The fraction of sp³-hybridized carbons (Fsp3) is 0.500. The Balaban J connectivity index is 1.23. The summed E-state index contributed by atoms with van der Waals surface area (Å²) in [5.74, 6) is 0.524. The third kappa shape index (κ3) is 6.35. The molecule has 42 heavy (non-hydrogen) atoms. The average Bonchev–Trinajstić information content (AvgIpc) is 2.95. The van der Waals surface area contributed by atoms with Crippen LogP contribution in [0.1, 0.15) is 32.3 Å². The standard InChI is InChI=1S/C30H36F4N4O3S/c1-29(2)23-4-3-21(27(29)19-23)20-37(28(39)35-25-9-5-22(6-10-25)30(32,33)34)16-13-36-14-17-38(18-15-36)42(40,41)26-11-7-24(31)8-12-26/h3,5-12,23,27H,4,13-20H2,1-2H3,(H,35,39). The Morgan fingerprint density at radius 1 is 1.02 bits per heavy atom. The van der Waals surface area contributed by atoms with Gasteiger partial charge in [0.25, 0.3) is 0 Å². The van der Waals surface area contributed by atoms with E-state index in [9.17, 15) is 30.8 Å². The smallest absolute Gasteiger partial charge is 0.319 e. The molecule has 0 spiro atoms.